The van der Waals surface area contributed by atoms with E-state index in [1.165, 1.54) is 36.4 Å². The van der Waals surface area contributed by atoms with Gasteiger partial charge in [-0.1, -0.05) is 41.9 Å². The van der Waals surface area contributed by atoms with E-state index in [0.29, 0.717) is 11.1 Å². The highest BCUT2D eigenvalue weighted by molar-refractivity contribution is 6.37. The maximum absolute atomic E-state index is 14.9. The quantitative estimate of drug-likeness (QED) is 0.392. The molecule has 35 heavy (non-hydrogen) atoms. The number of hydrogen-bond donors (Lipinski definition) is 0. The maximum atomic E-state index is 14.9. The second-order valence-electron chi connectivity index (χ2n) is 8.64. The Morgan fingerprint density at radius 2 is 1.46 bits per heavy atom. The summed E-state index contributed by atoms with van der Waals surface area (Å²) < 4.78 is 34.5. The van der Waals surface area contributed by atoms with Crippen molar-refractivity contribution in [1.29, 1.82) is 0 Å². The molecular formula is C26H14ClF2NO5. The number of rotatable bonds is 2. The molecule has 0 saturated carbocycles. The lowest BCUT2D eigenvalue weighted by atomic mass is 9.77. The summed E-state index contributed by atoms with van der Waals surface area (Å²) in [5.41, 5.74) is -2.27. The Morgan fingerprint density at radius 1 is 0.829 bits per heavy atom. The van der Waals surface area contributed by atoms with Gasteiger partial charge in [0, 0.05) is 27.8 Å². The molecule has 3 aromatic rings. The number of hydrogen-bond acceptors (Lipinski definition) is 5. The fraction of sp³-hybridized carbons (Fsp3) is 0.154. The minimum Gasteiger partial charge on any atom is -0.349 e. The molecule has 0 aromatic heterocycles. The molecule has 3 atom stereocenters. The van der Waals surface area contributed by atoms with Crippen LogP contribution in [0, 0.1) is 23.5 Å². The van der Waals surface area contributed by atoms with Gasteiger partial charge in [-0.15, -0.1) is 0 Å². The molecule has 2 fully saturated rings. The zero-order chi connectivity index (χ0) is 24.6. The molecule has 6 nitrogen and oxygen atoms in total. The lowest BCUT2D eigenvalue weighted by Gasteiger charge is -2.27. The van der Waals surface area contributed by atoms with Gasteiger partial charge in [0.15, 0.2) is 0 Å². The molecule has 3 aliphatic rings. The number of halogens is 3. The fourth-order valence-corrected chi connectivity index (χ4v) is 5.50. The van der Waals surface area contributed by atoms with E-state index < -0.39 is 58.6 Å². The molecule has 174 valence electrons. The number of amides is 2. The van der Waals surface area contributed by atoms with Crippen LogP contribution >= 0.6 is 11.6 Å². The smallest absolute Gasteiger partial charge is 0.241 e. The van der Waals surface area contributed by atoms with Gasteiger partial charge >= 0.3 is 0 Å². The second kappa shape index (κ2) is 7.37. The van der Waals surface area contributed by atoms with E-state index in [-0.39, 0.29) is 22.4 Å². The number of nitrogens with zero attached hydrogens (tertiary/aromatic N) is 1. The van der Waals surface area contributed by atoms with E-state index >= 15 is 0 Å². The summed E-state index contributed by atoms with van der Waals surface area (Å²) in [7, 11) is 0. The van der Waals surface area contributed by atoms with Gasteiger partial charge in [0.05, 0.1) is 23.6 Å². The first kappa shape index (κ1) is 21.8. The minimum atomic E-state index is -2.34. The van der Waals surface area contributed by atoms with Crippen LogP contribution in [0.3, 0.4) is 0 Å². The summed E-state index contributed by atoms with van der Waals surface area (Å²) in [4.78, 5) is 55.5. The second-order valence-corrected chi connectivity index (χ2v) is 9.07. The van der Waals surface area contributed by atoms with Gasteiger partial charge in [-0.2, -0.15) is 0 Å². The Kier molecular flexibility index (Phi) is 4.58. The molecule has 2 aliphatic heterocycles. The minimum absolute atomic E-state index is 0.0571. The third kappa shape index (κ3) is 2.78. The highest BCUT2D eigenvalue weighted by Crippen LogP contribution is 2.58. The number of imide groups is 1. The SMILES string of the molecule is O=C1[C@@H]2[C@@H](c3ccc(F)cc3F)OC3(C(=O)c4ccccc4C3=O)[C@H]2C(=O)N1c1ccc(Cl)cc1. The number of ketones is 2. The van der Waals surface area contributed by atoms with Gasteiger partial charge in [-0.3, -0.25) is 19.2 Å². The molecule has 2 saturated heterocycles. The number of Topliss-reactive ketones (excluding diaryl/α,β-unsaturated/α-hetero) is 2. The maximum Gasteiger partial charge on any atom is 0.241 e. The molecule has 0 N–H and O–H groups in total. The molecular weight excluding hydrogens is 480 g/mol. The molecule has 9 heteroatoms. The number of fused-ring (bicyclic) bond motifs is 3. The lowest BCUT2D eigenvalue weighted by molar-refractivity contribution is -0.127. The van der Waals surface area contributed by atoms with Crippen LogP contribution in [-0.2, 0) is 14.3 Å². The largest absolute Gasteiger partial charge is 0.349 e. The van der Waals surface area contributed by atoms with Crippen LogP contribution in [0.15, 0.2) is 66.7 Å². The van der Waals surface area contributed by atoms with Crippen molar-refractivity contribution in [2.24, 2.45) is 11.8 Å². The summed E-state index contributed by atoms with van der Waals surface area (Å²) >= 11 is 5.94. The van der Waals surface area contributed by atoms with E-state index in [0.717, 1.165) is 17.0 Å². The molecule has 0 radical (unpaired) electrons. The van der Waals surface area contributed by atoms with Crippen LogP contribution in [0.5, 0.6) is 0 Å². The van der Waals surface area contributed by atoms with Crippen LogP contribution in [0.4, 0.5) is 14.5 Å². The van der Waals surface area contributed by atoms with Crippen molar-refractivity contribution in [3.05, 3.63) is 100 Å². The summed E-state index contributed by atoms with van der Waals surface area (Å²) in [6.07, 6.45) is -1.48. The number of carbonyl (C=O) groups excluding carboxylic acids is 4. The average molecular weight is 494 g/mol. The predicted molar refractivity (Wildman–Crippen MR) is 119 cm³/mol. The van der Waals surface area contributed by atoms with Gasteiger partial charge in [0.1, 0.15) is 11.6 Å². The summed E-state index contributed by atoms with van der Waals surface area (Å²) in [6, 6.07) is 14.6. The summed E-state index contributed by atoms with van der Waals surface area (Å²) in [6.45, 7) is 0. The number of carbonyl (C=O) groups is 4. The first-order valence-corrected chi connectivity index (χ1v) is 11.1. The first-order valence-electron chi connectivity index (χ1n) is 10.7. The topological polar surface area (TPSA) is 80.8 Å². The fourth-order valence-electron chi connectivity index (χ4n) is 5.38. The third-order valence-electron chi connectivity index (χ3n) is 6.87. The van der Waals surface area contributed by atoms with E-state index in [9.17, 15) is 28.0 Å². The van der Waals surface area contributed by atoms with Crippen molar-refractivity contribution >= 4 is 40.7 Å². The zero-order valence-corrected chi connectivity index (χ0v) is 18.5. The highest BCUT2D eigenvalue weighted by atomic mass is 35.5. The van der Waals surface area contributed by atoms with E-state index in [2.05, 4.69) is 0 Å². The third-order valence-corrected chi connectivity index (χ3v) is 7.12. The molecule has 6 rings (SSSR count). The van der Waals surface area contributed by atoms with Gasteiger partial charge in [-0.05, 0) is 30.3 Å². The van der Waals surface area contributed by atoms with Crippen LogP contribution < -0.4 is 4.90 Å². The Balaban J connectivity index is 1.56. The highest BCUT2D eigenvalue weighted by Gasteiger charge is 2.75. The lowest BCUT2D eigenvalue weighted by Crippen LogP contribution is -2.51. The molecule has 3 aromatic carbocycles. The monoisotopic (exact) mass is 493 g/mol. The molecule has 1 spiro atoms. The van der Waals surface area contributed by atoms with Crippen molar-refractivity contribution in [2.75, 3.05) is 4.90 Å². The number of anilines is 1. The average Bonchev–Trinajstić information content (AvgIpc) is 3.40. The zero-order valence-electron chi connectivity index (χ0n) is 17.7. The summed E-state index contributed by atoms with van der Waals surface area (Å²) in [5.74, 6) is -7.91. The van der Waals surface area contributed by atoms with Crippen LogP contribution in [-0.4, -0.2) is 29.0 Å². The van der Waals surface area contributed by atoms with Crippen molar-refractivity contribution < 1.29 is 32.7 Å². The van der Waals surface area contributed by atoms with Crippen molar-refractivity contribution in [3.63, 3.8) is 0 Å². The molecule has 0 bridgehead atoms. The number of ether oxygens (including phenoxy) is 1. The van der Waals surface area contributed by atoms with Crippen LogP contribution in [0.25, 0.3) is 0 Å². The van der Waals surface area contributed by atoms with Gasteiger partial charge in [0.25, 0.3) is 0 Å². The van der Waals surface area contributed by atoms with Crippen LogP contribution in [0.1, 0.15) is 32.4 Å². The van der Waals surface area contributed by atoms with Crippen LogP contribution in [0.2, 0.25) is 5.02 Å². The Labute approximate surface area is 202 Å². The van der Waals surface area contributed by atoms with E-state index in [4.69, 9.17) is 16.3 Å². The van der Waals surface area contributed by atoms with Gasteiger partial charge in [-0.25, -0.2) is 13.7 Å². The van der Waals surface area contributed by atoms with Gasteiger partial charge < -0.3 is 4.74 Å². The van der Waals surface area contributed by atoms with E-state index in [1.807, 2.05) is 0 Å². The first-order chi connectivity index (χ1) is 16.8. The predicted octanol–water partition coefficient (Wildman–Crippen LogP) is 4.31. The molecule has 2 amide bonds. The Bertz CT molecular complexity index is 1440. The molecule has 0 unspecified atom stereocenters. The number of benzene rings is 3. The molecule has 2 heterocycles. The molecule has 1 aliphatic carbocycles. The van der Waals surface area contributed by atoms with Crippen molar-refractivity contribution in [1.82, 2.24) is 0 Å². The Morgan fingerprint density at radius 3 is 2.06 bits per heavy atom. The van der Waals surface area contributed by atoms with Gasteiger partial charge in [0.2, 0.25) is 29.0 Å². The standard InChI is InChI=1S/C26H14ClF2NO5/c27-12-5-8-14(9-6-12)30-24(33)19-20(25(30)34)26(22(31)15-3-1-2-4-16(15)23(26)32)35-21(19)17-10-7-13(28)11-18(17)29/h1-11,19-21H/t19-,20+,21+/m0/s1. The normalized spacial score (nSPS) is 24.4. The van der Waals surface area contributed by atoms with Crippen molar-refractivity contribution in [2.45, 2.75) is 11.7 Å². The van der Waals surface area contributed by atoms with Crippen molar-refractivity contribution in [3.8, 4) is 0 Å². The summed E-state index contributed by atoms with van der Waals surface area (Å²) in [5, 5.41) is 0.371. The Hall–Kier alpha value is -3.75. The van der Waals surface area contributed by atoms with E-state index in [1.54, 1.807) is 12.1 Å².